The molecule has 0 atom stereocenters. The Bertz CT molecular complexity index is 750. The maximum absolute atomic E-state index is 12.8. The molecule has 0 aromatic rings. The molecule has 0 aliphatic carbocycles. The molecule has 0 spiro atoms. The van der Waals surface area contributed by atoms with Crippen molar-refractivity contribution in [2.75, 3.05) is 40.0 Å². The topological polar surface area (TPSA) is 77.1 Å². The number of carbonyl (C=O) groups excluding carboxylic acids is 2. The molecular formula is C47H94N2O5. The van der Waals surface area contributed by atoms with Gasteiger partial charge in [0.15, 0.2) is 0 Å². The average Bonchev–Trinajstić information content (AvgIpc) is 3.16. The highest BCUT2D eigenvalue weighted by Gasteiger charge is 2.14. The van der Waals surface area contributed by atoms with Crippen LogP contribution in [0.5, 0.6) is 0 Å². The summed E-state index contributed by atoms with van der Waals surface area (Å²) in [5.41, 5.74) is 2.45. The zero-order chi connectivity index (χ0) is 39.4. The Balaban J connectivity index is 4.23. The van der Waals surface area contributed by atoms with E-state index in [2.05, 4.69) is 31.2 Å². The smallest absolute Gasteiger partial charge is 0.306 e. The number of hydrogen-bond acceptors (Lipinski definition) is 6. The predicted molar refractivity (Wildman–Crippen MR) is 231 cm³/mol. The lowest BCUT2D eigenvalue weighted by Crippen LogP contribution is -2.29. The van der Waals surface area contributed by atoms with E-state index in [0.717, 1.165) is 65.0 Å². The summed E-state index contributed by atoms with van der Waals surface area (Å²) >= 11 is 0. The predicted octanol–water partition coefficient (Wildman–Crippen LogP) is 13.6. The van der Waals surface area contributed by atoms with Crippen LogP contribution in [0.3, 0.4) is 0 Å². The normalized spacial score (nSPS) is 11.6. The van der Waals surface area contributed by atoms with Gasteiger partial charge in [0.05, 0.1) is 7.11 Å². The van der Waals surface area contributed by atoms with Crippen LogP contribution in [0.15, 0.2) is 0 Å². The van der Waals surface area contributed by atoms with Crippen LogP contribution in [0.1, 0.15) is 245 Å². The fourth-order valence-electron chi connectivity index (χ4n) is 7.42. The standard InChI is InChI=1S/C47H94N2O5/c1-5-8-11-14-18-26-33-43-53-44-34-27-19-17-24-31-40-49(42-35-38-46(50)48-52-4)41-32-25-20-23-30-39-47(51)54-45(36-28-21-15-12-9-6-2)37-29-22-16-13-10-7-3/h45H,5-44H2,1-4H3,(H,48,50). The van der Waals surface area contributed by atoms with E-state index >= 15 is 0 Å². The summed E-state index contributed by atoms with van der Waals surface area (Å²) in [7, 11) is 1.49. The minimum absolute atomic E-state index is 0.0211. The first-order valence-electron chi connectivity index (χ1n) is 23.9. The third-order valence-electron chi connectivity index (χ3n) is 10.9. The molecule has 7 nitrogen and oxygen atoms in total. The first-order valence-corrected chi connectivity index (χ1v) is 23.9. The second kappa shape index (κ2) is 44.5. The Morgan fingerprint density at radius 3 is 1.31 bits per heavy atom. The second-order valence-corrected chi connectivity index (χ2v) is 16.3. The van der Waals surface area contributed by atoms with E-state index in [1.165, 1.54) is 187 Å². The summed E-state index contributed by atoms with van der Waals surface area (Å²) in [6, 6.07) is 0. The van der Waals surface area contributed by atoms with Gasteiger partial charge in [0.1, 0.15) is 6.10 Å². The zero-order valence-corrected chi connectivity index (χ0v) is 36.9. The first-order chi connectivity index (χ1) is 26.6. The van der Waals surface area contributed by atoms with Crippen LogP contribution in [0, 0.1) is 0 Å². The molecule has 0 aliphatic heterocycles. The van der Waals surface area contributed by atoms with Crippen LogP contribution < -0.4 is 5.48 Å². The fraction of sp³-hybridized carbons (Fsp3) is 0.957. The number of esters is 1. The van der Waals surface area contributed by atoms with E-state index in [0.29, 0.717) is 12.8 Å². The highest BCUT2D eigenvalue weighted by Crippen LogP contribution is 2.18. The van der Waals surface area contributed by atoms with Crippen molar-refractivity contribution in [3.8, 4) is 0 Å². The number of nitrogens with one attached hydrogen (secondary N) is 1. The quantitative estimate of drug-likeness (QED) is 0.0378. The van der Waals surface area contributed by atoms with Crippen molar-refractivity contribution in [3.63, 3.8) is 0 Å². The fourth-order valence-corrected chi connectivity index (χ4v) is 7.42. The number of hydrogen-bond donors (Lipinski definition) is 1. The maximum Gasteiger partial charge on any atom is 0.306 e. The monoisotopic (exact) mass is 767 g/mol. The number of amides is 1. The molecule has 0 bridgehead atoms. The lowest BCUT2D eigenvalue weighted by atomic mass is 10.0. The Morgan fingerprint density at radius 2 is 0.852 bits per heavy atom. The lowest BCUT2D eigenvalue weighted by molar-refractivity contribution is -0.150. The van der Waals surface area contributed by atoms with Gasteiger partial charge in [-0.25, -0.2) is 5.48 Å². The van der Waals surface area contributed by atoms with E-state index in [-0.39, 0.29) is 18.0 Å². The number of hydroxylamine groups is 1. The molecule has 322 valence electrons. The summed E-state index contributed by atoms with van der Waals surface area (Å²) in [6.07, 6.45) is 42.0. The maximum atomic E-state index is 12.8. The van der Waals surface area contributed by atoms with E-state index in [1.807, 2.05) is 0 Å². The van der Waals surface area contributed by atoms with Gasteiger partial charge in [-0.2, -0.15) is 0 Å². The van der Waals surface area contributed by atoms with Gasteiger partial charge >= 0.3 is 5.97 Å². The molecule has 0 radical (unpaired) electrons. The molecule has 1 N–H and O–H groups in total. The van der Waals surface area contributed by atoms with Gasteiger partial charge in [0, 0.05) is 26.1 Å². The van der Waals surface area contributed by atoms with Crippen LogP contribution in [0.25, 0.3) is 0 Å². The largest absolute Gasteiger partial charge is 0.462 e. The Hall–Kier alpha value is -1.18. The molecular weight excluding hydrogens is 673 g/mol. The number of carbonyl (C=O) groups is 2. The van der Waals surface area contributed by atoms with Crippen molar-refractivity contribution in [2.24, 2.45) is 0 Å². The van der Waals surface area contributed by atoms with Gasteiger partial charge in [0.25, 0.3) is 0 Å². The molecule has 0 heterocycles. The Labute approximate surface area is 336 Å². The first kappa shape index (κ1) is 52.8. The van der Waals surface area contributed by atoms with Crippen molar-refractivity contribution in [2.45, 2.75) is 252 Å². The van der Waals surface area contributed by atoms with Crippen LogP contribution >= 0.6 is 0 Å². The van der Waals surface area contributed by atoms with Crippen LogP contribution in [-0.2, 0) is 23.9 Å². The van der Waals surface area contributed by atoms with Crippen molar-refractivity contribution < 1.29 is 23.9 Å². The number of ether oxygens (including phenoxy) is 2. The number of unbranched alkanes of at least 4 members (excludes halogenated alkanes) is 25. The molecule has 0 aliphatic rings. The minimum Gasteiger partial charge on any atom is -0.462 e. The highest BCUT2D eigenvalue weighted by molar-refractivity contribution is 5.74. The van der Waals surface area contributed by atoms with Gasteiger partial charge in [-0.3, -0.25) is 14.4 Å². The summed E-state index contributed by atoms with van der Waals surface area (Å²) in [5, 5.41) is 0. The molecule has 0 saturated carbocycles. The van der Waals surface area contributed by atoms with Crippen LogP contribution in [0.4, 0.5) is 0 Å². The van der Waals surface area contributed by atoms with E-state index in [9.17, 15) is 9.59 Å². The van der Waals surface area contributed by atoms with E-state index in [1.54, 1.807) is 0 Å². The van der Waals surface area contributed by atoms with E-state index in [4.69, 9.17) is 14.3 Å². The molecule has 54 heavy (non-hydrogen) atoms. The molecule has 7 heteroatoms. The number of rotatable bonds is 45. The third-order valence-corrected chi connectivity index (χ3v) is 10.9. The Morgan fingerprint density at radius 1 is 0.463 bits per heavy atom. The van der Waals surface area contributed by atoms with Crippen molar-refractivity contribution in [1.29, 1.82) is 0 Å². The van der Waals surface area contributed by atoms with Crippen molar-refractivity contribution >= 4 is 11.9 Å². The minimum atomic E-state index is -0.0431. The van der Waals surface area contributed by atoms with Crippen molar-refractivity contribution in [3.05, 3.63) is 0 Å². The summed E-state index contributed by atoms with van der Waals surface area (Å²) in [6.45, 7) is 11.8. The zero-order valence-electron chi connectivity index (χ0n) is 36.9. The summed E-state index contributed by atoms with van der Waals surface area (Å²) in [4.78, 5) is 32.0. The van der Waals surface area contributed by atoms with Gasteiger partial charge in [0.2, 0.25) is 5.91 Å². The van der Waals surface area contributed by atoms with Gasteiger partial charge in [-0.1, -0.05) is 168 Å². The van der Waals surface area contributed by atoms with Gasteiger partial charge in [-0.05, 0) is 83.8 Å². The van der Waals surface area contributed by atoms with Crippen molar-refractivity contribution in [1.82, 2.24) is 10.4 Å². The van der Waals surface area contributed by atoms with Crippen LogP contribution in [0.2, 0.25) is 0 Å². The number of nitrogens with zero attached hydrogens (tertiary/aromatic N) is 1. The van der Waals surface area contributed by atoms with Crippen LogP contribution in [-0.4, -0.2) is 62.8 Å². The van der Waals surface area contributed by atoms with Gasteiger partial charge in [-0.15, -0.1) is 0 Å². The molecule has 0 fully saturated rings. The average molecular weight is 767 g/mol. The second-order valence-electron chi connectivity index (χ2n) is 16.3. The van der Waals surface area contributed by atoms with Gasteiger partial charge < -0.3 is 14.4 Å². The summed E-state index contributed by atoms with van der Waals surface area (Å²) in [5.74, 6) is -0.0220. The SMILES string of the molecule is CCCCCCCCCOCCCCCCCCN(CCCCCCCC(=O)OC(CCCCCCCC)CCCCCCCC)CCCC(=O)NOC. The molecule has 0 saturated heterocycles. The molecule has 1 amide bonds. The molecule has 0 unspecified atom stereocenters. The molecule has 0 aromatic heterocycles. The summed E-state index contributed by atoms with van der Waals surface area (Å²) < 4.78 is 11.9. The lowest BCUT2D eigenvalue weighted by Gasteiger charge is -2.22. The third kappa shape index (κ3) is 40.5. The highest BCUT2D eigenvalue weighted by atomic mass is 16.6. The molecule has 0 aromatic carbocycles. The van der Waals surface area contributed by atoms with E-state index < -0.39 is 0 Å². The Kier molecular flexibility index (Phi) is 43.6. The molecule has 0 rings (SSSR count).